The van der Waals surface area contributed by atoms with Crippen molar-refractivity contribution in [3.63, 3.8) is 0 Å². The van der Waals surface area contributed by atoms with Gasteiger partial charge in [0.2, 0.25) is 0 Å². The average Bonchev–Trinajstić information content (AvgIpc) is 2.91. The Hall–Kier alpha value is -4.64. The third kappa shape index (κ3) is 5.78. The number of methoxy groups -OCH3 is 1. The van der Waals surface area contributed by atoms with Gasteiger partial charge in [0.1, 0.15) is 10.6 Å². The van der Waals surface area contributed by atoms with Gasteiger partial charge in [-0.1, -0.05) is 48.0 Å². The van der Waals surface area contributed by atoms with Crippen molar-refractivity contribution in [3.05, 3.63) is 106 Å². The van der Waals surface area contributed by atoms with Gasteiger partial charge in [0, 0.05) is 11.3 Å². The van der Waals surface area contributed by atoms with Crippen molar-refractivity contribution in [1.82, 2.24) is 10.2 Å². The van der Waals surface area contributed by atoms with E-state index in [1.807, 2.05) is 6.92 Å². The summed E-state index contributed by atoms with van der Waals surface area (Å²) in [6.07, 6.45) is 0. The van der Waals surface area contributed by atoms with E-state index < -0.39 is 34.1 Å². The Bertz CT molecular complexity index is 1560. The fourth-order valence-electron chi connectivity index (χ4n) is 4.18. The van der Waals surface area contributed by atoms with Gasteiger partial charge in [-0.05, 0) is 49.7 Å². The van der Waals surface area contributed by atoms with E-state index in [1.54, 1.807) is 49.4 Å². The fraction of sp³-hybridized carbons (Fsp3) is 0.179. The van der Waals surface area contributed by atoms with Gasteiger partial charge in [-0.25, -0.2) is 14.4 Å². The van der Waals surface area contributed by atoms with Gasteiger partial charge < -0.3 is 19.3 Å². The van der Waals surface area contributed by atoms with Crippen molar-refractivity contribution in [3.8, 4) is 5.75 Å². The lowest BCUT2D eigenvalue weighted by Gasteiger charge is -2.35. The third-order valence-corrected chi connectivity index (χ3v) is 7.53. The quantitative estimate of drug-likeness (QED) is 0.315. The molecule has 4 rings (SSSR count). The van der Waals surface area contributed by atoms with Gasteiger partial charge in [0.05, 0.1) is 30.8 Å². The van der Waals surface area contributed by atoms with E-state index in [0.717, 1.165) is 5.56 Å². The average molecular weight is 551 g/mol. The number of para-hydroxylation sites is 1. The van der Waals surface area contributed by atoms with Gasteiger partial charge in [0.25, 0.3) is 0 Å². The van der Waals surface area contributed by atoms with E-state index in [2.05, 4.69) is 5.32 Å². The summed E-state index contributed by atoms with van der Waals surface area (Å²) in [5.41, 5.74) is 2.22. The highest BCUT2D eigenvalue weighted by Gasteiger charge is 2.38. The first kappa shape index (κ1) is 27.4. The largest absolute Gasteiger partial charge is 0.478 e. The summed E-state index contributed by atoms with van der Waals surface area (Å²) < 4.78 is 36.5. The van der Waals surface area contributed by atoms with Crippen LogP contribution < -0.4 is 9.50 Å². The molecule has 0 spiro atoms. The molecular weight excluding hydrogens is 524 g/mol. The number of amides is 2. The normalized spacial score (nSPS) is 15.5. The van der Waals surface area contributed by atoms with Crippen LogP contribution in [0.1, 0.15) is 40.0 Å². The Morgan fingerprint density at radius 1 is 0.974 bits per heavy atom. The predicted molar refractivity (Wildman–Crippen MR) is 140 cm³/mol. The fourth-order valence-corrected chi connectivity index (χ4v) is 5.13. The van der Waals surface area contributed by atoms with E-state index in [1.165, 1.54) is 42.3 Å². The van der Waals surface area contributed by atoms with Crippen LogP contribution in [0, 0.1) is 6.92 Å². The zero-order valence-corrected chi connectivity index (χ0v) is 22.2. The summed E-state index contributed by atoms with van der Waals surface area (Å²) in [4.78, 5) is 38.6. The van der Waals surface area contributed by atoms with Crippen molar-refractivity contribution >= 4 is 28.1 Å². The molecule has 1 heterocycles. The zero-order valence-electron chi connectivity index (χ0n) is 21.4. The van der Waals surface area contributed by atoms with Crippen LogP contribution in [0.2, 0.25) is 0 Å². The number of nitrogens with zero attached hydrogens (tertiary/aromatic N) is 1. The summed E-state index contributed by atoms with van der Waals surface area (Å²) in [7, 11) is -3.02. The maximum atomic E-state index is 13.2. The SMILES string of the molecule is COC(=O)C1=C(C)N(Cc2ccc(C(=O)O)cc2)C(=O)NC1c1ccccc1OS(=O)(=O)c1ccc(C)cc1. The molecule has 0 aliphatic carbocycles. The summed E-state index contributed by atoms with van der Waals surface area (Å²) in [6.45, 7) is 3.45. The van der Waals surface area contributed by atoms with Crippen molar-refractivity contribution in [1.29, 1.82) is 0 Å². The van der Waals surface area contributed by atoms with E-state index in [4.69, 9.17) is 14.0 Å². The predicted octanol–water partition coefficient (Wildman–Crippen LogP) is 4.17. The van der Waals surface area contributed by atoms with Crippen molar-refractivity contribution in [2.24, 2.45) is 0 Å². The summed E-state index contributed by atoms with van der Waals surface area (Å²) in [5.74, 6) is -1.86. The molecule has 1 aliphatic heterocycles. The second-order valence-electron chi connectivity index (χ2n) is 8.85. The molecule has 39 heavy (non-hydrogen) atoms. The molecule has 3 aromatic carbocycles. The summed E-state index contributed by atoms with van der Waals surface area (Å²) in [5, 5.41) is 11.9. The topological polar surface area (TPSA) is 139 Å². The lowest BCUT2D eigenvalue weighted by atomic mass is 9.94. The molecule has 0 saturated carbocycles. The Balaban J connectivity index is 1.72. The summed E-state index contributed by atoms with van der Waals surface area (Å²) >= 11 is 0. The summed E-state index contributed by atoms with van der Waals surface area (Å²) in [6, 6.07) is 16.7. The molecule has 0 saturated heterocycles. The first-order chi connectivity index (χ1) is 18.5. The number of carboxylic acids is 1. The standard InChI is InChI=1S/C28H26N2O8S/c1-17-8-14-21(15-9-17)39(35,36)38-23-7-5-4-6-22(23)25-24(27(33)37-3)18(2)30(28(34)29-25)16-19-10-12-20(13-11-19)26(31)32/h4-15,25H,16H2,1-3H3,(H,29,34)(H,31,32). The number of carbonyl (C=O) groups excluding carboxylic acids is 2. The molecule has 0 fully saturated rings. The van der Waals surface area contributed by atoms with Crippen molar-refractivity contribution in [2.75, 3.05) is 7.11 Å². The van der Waals surface area contributed by atoms with Gasteiger partial charge >= 0.3 is 28.1 Å². The van der Waals surface area contributed by atoms with E-state index in [-0.39, 0.29) is 39.6 Å². The number of hydrogen-bond acceptors (Lipinski definition) is 7. The molecule has 1 aliphatic rings. The lowest BCUT2D eigenvalue weighted by molar-refractivity contribution is -0.136. The van der Waals surface area contributed by atoms with E-state index in [9.17, 15) is 22.8 Å². The minimum absolute atomic E-state index is 0.0458. The molecule has 2 N–H and O–H groups in total. The number of carbonyl (C=O) groups is 3. The first-order valence-electron chi connectivity index (χ1n) is 11.8. The van der Waals surface area contributed by atoms with Gasteiger partial charge in [-0.3, -0.25) is 4.90 Å². The van der Waals surface area contributed by atoms with Crippen LogP contribution >= 0.6 is 0 Å². The molecule has 0 aromatic heterocycles. The minimum Gasteiger partial charge on any atom is -0.478 e. The molecule has 2 amide bonds. The number of urea groups is 1. The van der Waals surface area contributed by atoms with E-state index >= 15 is 0 Å². The number of carboxylic acid groups (broad SMARTS) is 1. The van der Waals surface area contributed by atoms with Crippen LogP contribution in [-0.2, 0) is 26.2 Å². The molecule has 3 aromatic rings. The number of aryl methyl sites for hydroxylation is 1. The lowest BCUT2D eigenvalue weighted by Crippen LogP contribution is -2.47. The van der Waals surface area contributed by atoms with Crippen molar-refractivity contribution < 1.29 is 36.8 Å². The number of rotatable bonds is 8. The highest BCUT2D eigenvalue weighted by atomic mass is 32.2. The van der Waals surface area contributed by atoms with Gasteiger partial charge in [0.15, 0.2) is 0 Å². The van der Waals surface area contributed by atoms with Crippen LogP contribution in [-0.4, -0.2) is 43.5 Å². The van der Waals surface area contributed by atoms with Crippen LogP contribution in [0.5, 0.6) is 5.75 Å². The third-order valence-electron chi connectivity index (χ3n) is 6.28. The number of hydrogen-bond donors (Lipinski definition) is 2. The molecule has 1 atom stereocenters. The Labute approximate surface area is 225 Å². The molecule has 202 valence electrons. The maximum absolute atomic E-state index is 13.2. The molecule has 0 bridgehead atoms. The first-order valence-corrected chi connectivity index (χ1v) is 13.2. The Kier molecular flexibility index (Phi) is 7.73. The highest BCUT2D eigenvalue weighted by Crippen LogP contribution is 2.37. The number of ether oxygens (including phenoxy) is 1. The number of nitrogens with one attached hydrogen (secondary N) is 1. The molecule has 11 heteroatoms. The second-order valence-corrected chi connectivity index (χ2v) is 10.4. The maximum Gasteiger partial charge on any atom is 0.339 e. The molecular formula is C28H26N2O8S. The van der Waals surface area contributed by atoms with Crippen LogP contribution in [0.15, 0.2) is 89.0 Å². The van der Waals surface area contributed by atoms with Crippen molar-refractivity contribution in [2.45, 2.75) is 31.3 Å². The zero-order chi connectivity index (χ0) is 28.3. The number of aromatic carboxylic acids is 1. The smallest absolute Gasteiger partial charge is 0.339 e. The number of benzene rings is 3. The molecule has 1 unspecified atom stereocenters. The van der Waals surface area contributed by atoms with Crippen LogP contribution in [0.3, 0.4) is 0 Å². The highest BCUT2D eigenvalue weighted by molar-refractivity contribution is 7.87. The van der Waals surface area contributed by atoms with Gasteiger partial charge in [-0.15, -0.1) is 0 Å². The van der Waals surface area contributed by atoms with Crippen LogP contribution in [0.4, 0.5) is 4.79 Å². The monoisotopic (exact) mass is 550 g/mol. The van der Waals surface area contributed by atoms with Gasteiger partial charge in [-0.2, -0.15) is 8.42 Å². The Morgan fingerprint density at radius 2 is 1.62 bits per heavy atom. The van der Waals surface area contributed by atoms with Crippen LogP contribution in [0.25, 0.3) is 0 Å². The molecule has 10 nitrogen and oxygen atoms in total. The number of allylic oxidation sites excluding steroid dienone is 1. The second kappa shape index (κ2) is 11.0. The minimum atomic E-state index is -4.22. The Morgan fingerprint density at radius 3 is 2.23 bits per heavy atom. The molecule has 0 radical (unpaired) electrons. The van der Waals surface area contributed by atoms with E-state index in [0.29, 0.717) is 5.56 Å². The number of esters is 1.